The van der Waals surface area contributed by atoms with Gasteiger partial charge in [0.25, 0.3) is 0 Å². The van der Waals surface area contributed by atoms with E-state index in [1.807, 2.05) is 0 Å². The second-order valence-electron chi connectivity index (χ2n) is 3.01. The summed E-state index contributed by atoms with van der Waals surface area (Å²) in [6.07, 6.45) is -4.46. The predicted octanol–water partition coefficient (Wildman–Crippen LogP) is 2.72. The Kier molecular flexibility index (Phi) is 3.27. The van der Waals surface area contributed by atoms with Gasteiger partial charge in [-0.1, -0.05) is 0 Å². The van der Waals surface area contributed by atoms with Crippen molar-refractivity contribution in [3.63, 3.8) is 0 Å². The lowest BCUT2D eigenvalue weighted by molar-refractivity contribution is -0.138. The lowest BCUT2D eigenvalue weighted by Crippen LogP contribution is -2.16. The van der Waals surface area contributed by atoms with E-state index >= 15 is 0 Å². The Morgan fingerprint density at radius 1 is 1.40 bits per heavy atom. The topological polar surface area (TPSA) is 43.1 Å². The first-order valence-electron chi connectivity index (χ1n) is 3.90. The lowest BCUT2D eigenvalue weighted by Gasteiger charge is -2.12. The molecule has 0 saturated heterocycles. The molecule has 0 aliphatic carbocycles. The molecule has 0 radical (unpaired) electrons. The van der Waals surface area contributed by atoms with Gasteiger partial charge in [-0.3, -0.25) is 4.79 Å². The molecule has 0 bridgehead atoms. The number of halogens is 4. The van der Waals surface area contributed by atoms with Crippen LogP contribution in [0.3, 0.4) is 0 Å². The molecule has 15 heavy (non-hydrogen) atoms. The van der Waals surface area contributed by atoms with Crippen LogP contribution in [0.4, 0.5) is 13.2 Å². The zero-order chi connectivity index (χ0) is 11.8. The predicted molar refractivity (Wildman–Crippen MR) is 57.4 cm³/mol. The van der Waals surface area contributed by atoms with Gasteiger partial charge in [0.15, 0.2) is 0 Å². The molecule has 0 spiro atoms. The summed E-state index contributed by atoms with van der Waals surface area (Å²) in [7, 11) is 0. The number of aryl methyl sites for hydroxylation is 1. The van der Waals surface area contributed by atoms with Crippen LogP contribution in [0.5, 0.6) is 0 Å². The quantitative estimate of drug-likeness (QED) is 0.791. The van der Waals surface area contributed by atoms with E-state index in [-0.39, 0.29) is 11.1 Å². The highest BCUT2D eigenvalue weighted by molar-refractivity contribution is 14.1. The van der Waals surface area contributed by atoms with Crippen LogP contribution >= 0.6 is 22.6 Å². The number of carbonyl (C=O) groups excluding carboxylic acids is 1. The van der Waals surface area contributed by atoms with Gasteiger partial charge in [-0.2, -0.15) is 13.2 Å². The fourth-order valence-corrected chi connectivity index (χ4v) is 2.06. The zero-order valence-electron chi connectivity index (χ0n) is 7.65. The number of rotatable bonds is 1. The van der Waals surface area contributed by atoms with Crippen molar-refractivity contribution in [3.05, 3.63) is 32.4 Å². The van der Waals surface area contributed by atoms with E-state index in [0.29, 0.717) is 3.57 Å². The smallest absolute Gasteiger partial charge is 0.366 e. The molecule has 0 fully saturated rings. The summed E-state index contributed by atoms with van der Waals surface area (Å²) in [5, 5.41) is 0. The average Bonchev–Trinajstić information content (AvgIpc) is 2.00. The third-order valence-corrected chi connectivity index (χ3v) is 2.78. The van der Waals surface area contributed by atoms with E-state index < -0.39 is 17.6 Å². The number of primary amides is 1. The van der Waals surface area contributed by atoms with Gasteiger partial charge in [0.05, 0.1) is 11.1 Å². The lowest BCUT2D eigenvalue weighted by atomic mass is 10.0. The molecular weight excluding hydrogens is 322 g/mol. The third-order valence-electron chi connectivity index (χ3n) is 1.88. The SMILES string of the molecule is Cc1cc(I)c(C(N)=O)cc1C(F)(F)F. The van der Waals surface area contributed by atoms with Gasteiger partial charge in [-0.25, -0.2) is 0 Å². The number of alkyl halides is 3. The van der Waals surface area contributed by atoms with E-state index in [9.17, 15) is 18.0 Å². The van der Waals surface area contributed by atoms with Gasteiger partial charge in [-0.15, -0.1) is 0 Å². The maximum absolute atomic E-state index is 12.5. The molecule has 82 valence electrons. The molecule has 0 heterocycles. The minimum absolute atomic E-state index is 0.0805. The minimum atomic E-state index is -4.46. The molecule has 2 nitrogen and oxygen atoms in total. The third kappa shape index (κ3) is 2.61. The number of hydrogen-bond acceptors (Lipinski definition) is 1. The van der Waals surface area contributed by atoms with Crippen molar-refractivity contribution in [1.82, 2.24) is 0 Å². The molecule has 0 saturated carbocycles. The van der Waals surface area contributed by atoms with Crippen molar-refractivity contribution in [2.24, 2.45) is 5.73 Å². The highest BCUT2D eigenvalue weighted by atomic mass is 127. The second kappa shape index (κ2) is 3.99. The van der Waals surface area contributed by atoms with E-state index in [1.54, 1.807) is 22.6 Å². The van der Waals surface area contributed by atoms with Crippen LogP contribution in [-0.2, 0) is 6.18 Å². The molecule has 0 unspecified atom stereocenters. The molecule has 0 aliphatic heterocycles. The number of nitrogens with two attached hydrogens (primary N) is 1. The number of hydrogen-bond donors (Lipinski definition) is 1. The van der Waals surface area contributed by atoms with Crippen LogP contribution in [0.25, 0.3) is 0 Å². The minimum Gasteiger partial charge on any atom is -0.366 e. The summed E-state index contributed by atoms with van der Waals surface area (Å²) in [6.45, 7) is 1.34. The molecule has 1 amide bonds. The van der Waals surface area contributed by atoms with Crippen molar-refractivity contribution in [1.29, 1.82) is 0 Å². The monoisotopic (exact) mass is 329 g/mol. The first kappa shape index (κ1) is 12.3. The molecule has 1 aromatic rings. The van der Waals surface area contributed by atoms with Crippen LogP contribution in [0.2, 0.25) is 0 Å². The Balaban J connectivity index is 3.43. The average molecular weight is 329 g/mol. The van der Waals surface area contributed by atoms with Crippen molar-refractivity contribution in [2.45, 2.75) is 13.1 Å². The van der Waals surface area contributed by atoms with Gasteiger partial charge in [0.1, 0.15) is 0 Å². The molecule has 0 aromatic heterocycles. The Labute approximate surface area is 97.8 Å². The summed E-state index contributed by atoms with van der Waals surface area (Å²) in [4.78, 5) is 10.9. The van der Waals surface area contributed by atoms with Crippen LogP contribution in [0, 0.1) is 10.5 Å². The van der Waals surface area contributed by atoms with Gasteiger partial charge in [-0.05, 0) is 47.2 Å². The van der Waals surface area contributed by atoms with Gasteiger partial charge in [0.2, 0.25) is 5.91 Å². The summed E-state index contributed by atoms with van der Waals surface area (Å²) in [6, 6.07) is 2.09. The van der Waals surface area contributed by atoms with Crippen molar-refractivity contribution in [3.8, 4) is 0 Å². The van der Waals surface area contributed by atoms with Crippen LogP contribution in [0.15, 0.2) is 12.1 Å². The molecular formula is C9H7F3INO. The van der Waals surface area contributed by atoms with Crippen molar-refractivity contribution in [2.75, 3.05) is 0 Å². The zero-order valence-corrected chi connectivity index (χ0v) is 9.81. The highest BCUT2D eigenvalue weighted by Crippen LogP contribution is 2.33. The molecule has 2 N–H and O–H groups in total. The van der Waals surface area contributed by atoms with E-state index in [1.165, 1.54) is 13.0 Å². The van der Waals surface area contributed by atoms with E-state index in [2.05, 4.69) is 0 Å². The molecule has 0 atom stereocenters. The van der Waals surface area contributed by atoms with Crippen LogP contribution in [0.1, 0.15) is 21.5 Å². The highest BCUT2D eigenvalue weighted by Gasteiger charge is 2.33. The number of carbonyl (C=O) groups is 1. The molecule has 0 aliphatic rings. The maximum Gasteiger partial charge on any atom is 0.416 e. The van der Waals surface area contributed by atoms with E-state index in [0.717, 1.165) is 6.07 Å². The Hall–Kier alpha value is -0.790. The molecule has 1 rings (SSSR count). The van der Waals surface area contributed by atoms with Crippen LogP contribution < -0.4 is 5.73 Å². The standard InChI is InChI=1S/C9H7F3INO/c1-4-2-7(13)5(8(14)15)3-6(4)9(10,11)12/h2-3H,1H3,(H2,14,15). The van der Waals surface area contributed by atoms with Crippen molar-refractivity contribution >= 4 is 28.5 Å². The summed E-state index contributed by atoms with van der Waals surface area (Å²) < 4.78 is 37.8. The Morgan fingerprint density at radius 2 is 1.93 bits per heavy atom. The number of benzene rings is 1. The summed E-state index contributed by atoms with van der Waals surface area (Å²) >= 11 is 1.78. The first-order valence-corrected chi connectivity index (χ1v) is 4.98. The largest absolute Gasteiger partial charge is 0.416 e. The van der Waals surface area contributed by atoms with Gasteiger partial charge < -0.3 is 5.73 Å². The normalized spacial score (nSPS) is 11.5. The first-order chi connectivity index (χ1) is 6.73. The maximum atomic E-state index is 12.5. The summed E-state index contributed by atoms with van der Waals surface area (Å²) in [5.74, 6) is -0.857. The Bertz CT molecular complexity index is 415. The van der Waals surface area contributed by atoms with Crippen LogP contribution in [-0.4, -0.2) is 5.91 Å². The molecule has 1 aromatic carbocycles. The fourth-order valence-electron chi connectivity index (χ4n) is 1.17. The molecule has 6 heteroatoms. The fraction of sp³-hybridized carbons (Fsp3) is 0.222. The van der Waals surface area contributed by atoms with E-state index in [4.69, 9.17) is 5.73 Å². The van der Waals surface area contributed by atoms with Gasteiger partial charge >= 0.3 is 6.18 Å². The number of amides is 1. The van der Waals surface area contributed by atoms with Crippen molar-refractivity contribution < 1.29 is 18.0 Å². The Morgan fingerprint density at radius 3 is 2.33 bits per heavy atom. The summed E-state index contributed by atoms with van der Waals surface area (Å²) in [5.41, 5.74) is 4.12. The second-order valence-corrected chi connectivity index (χ2v) is 4.17. The van der Waals surface area contributed by atoms with Gasteiger partial charge in [0, 0.05) is 3.57 Å².